The summed E-state index contributed by atoms with van der Waals surface area (Å²) in [5.74, 6) is 0.0194. The SMILES string of the molecule is CN(C)C(CNC(=O)CCN)c1cccs1. The number of nitrogens with one attached hydrogen (secondary N) is 1. The van der Waals surface area contributed by atoms with Gasteiger partial charge in [-0.3, -0.25) is 4.79 Å². The summed E-state index contributed by atoms with van der Waals surface area (Å²) >= 11 is 1.71. The van der Waals surface area contributed by atoms with Gasteiger partial charge in [-0.05, 0) is 25.5 Å². The second-order valence-electron chi connectivity index (χ2n) is 3.84. The van der Waals surface area contributed by atoms with Crippen molar-refractivity contribution in [1.29, 1.82) is 0 Å². The number of carbonyl (C=O) groups is 1. The van der Waals surface area contributed by atoms with Crippen molar-refractivity contribution in [2.45, 2.75) is 12.5 Å². The monoisotopic (exact) mass is 241 g/mol. The maximum atomic E-state index is 11.3. The van der Waals surface area contributed by atoms with Gasteiger partial charge in [-0.15, -0.1) is 11.3 Å². The van der Waals surface area contributed by atoms with Crippen LogP contribution >= 0.6 is 11.3 Å². The summed E-state index contributed by atoms with van der Waals surface area (Å²) in [6, 6.07) is 4.35. The quantitative estimate of drug-likeness (QED) is 0.775. The van der Waals surface area contributed by atoms with Crippen molar-refractivity contribution >= 4 is 17.2 Å². The number of hydrogen-bond acceptors (Lipinski definition) is 4. The van der Waals surface area contributed by atoms with Crippen LogP contribution in [0.1, 0.15) is 17.3 Å². The molecule has 0 fully saturated rings. The van der Waals surface area contributed by atoms with Gasteiger partial charge in [0.1, 0.15) is 0 Å². The molecule has 16 heavy (non-hydrogen) atoms. The lowest BCUT2D eigenvalue weighted by Gasteiger charge is -2.23. The first kappa shape index (κ1) is 13.2. The highest BCUT2D eigenvalue weighted by Gasteiger charge is 2.15. The van der Waals surface area contributed by atoms with E-state index in [1.807, 2.05) is 25.5 Å². The molecule has 90 valence electrons. The molecular formula is C11H19N3OS. The van der Waals surface area contributed by atoms with E-state index in [0.29, 0.717) is 19.5 Å². The van der Waals surface area contributed by atoms with Crippen molar-refractivity contribution in [1.82, 2.24) is 10.2 Å². The molecule has 0 aliphatic heterocycles. The molecule has 1 aromatic rings. The second kappa shape index (κ2) is 6.62. The van der Waals surface area contributed by atoms with Crippen LogP contribution in [0.25, 0.3) is 0 Å². The number of nitrogens with two attached hydrogens (primary N) is 1. The summed E-state index contributed by atoms with van der Waals surface area (Å²) < 4.78 is 0. The maximum absolute atomic E-state index is 11.3. The molecule has 3 N–H and O–H groups in total. The molecule has 1 heterocycles. The fourth-order valence-corrected chi connectivity index (χ4v) is 2.37. The Morgan fingerprint density at radius 2 is 2.38 bits per heavy atom. The zero-order valence-corrected chi connectivity index (χ0v) is 10.6. The minimum absolute atomic E-state index is 0.0194. The number of hydrogen-bond donors (Lipinski definition) is 2. The third kappa shape index (κ3) is 3.92. The largest absolute Gasteiger partial charge is 0.354 e. The molecule has 1 unspecified atom stereocenters. The highest BCUT2D eigenvalue weighted by atomic mass is 32.1. The Balaban J connectivity index is 2.50. The van der Waals surface area contributed by atoms with Crippen LogP contribution < -0.4 is 11.1 Å². The Labute approximate surface area is 100 Å². The molecule has 1 rings (SSSR count). The summed E-state index contributed by atoms with van der Waals surface area (Å²) in [7, 11) is 4.03. The first-order valence-corrected chi connectivity index (χ1v) is 6.19. The zero-order chi connectivity index (χ0) is 12.0. The standard InChI is InChI=1S/C11H19N3OS/c1-14(2)9(10-4-3-7-16-10)8-13-11(15)5-6-12/h3-4,7,9H,5-6,8,12H2,1-2H3,(H,13,15). The van der Waals surface area contributed by atoms with Crippen LogP contribution in [0.4, 0.5) is 0 Å². The third-order valence-corrected chi connectivity index (χ3v) is 3.33. The van der Waals surface area contributed by atoms with Crippen LogP contribution in [-0.2, 0) is 4.79 Å². The molecule has 0 spiro atoms. The zero-order valence-electron chi connectivity index (χ0n) is 9.77. The number of amides is 1. The number of likely N-dealkylation sites (N-methyl/N-ethyl adjacent to an activating group) is 1. The van der Waals surface area contributed by atoms with Crippen molar-refractivity contribution in [3.05, 3.63) is 22.4 Å². The highest BCUT2D eigenvalue weighted by molar-refractivity contribution is 7.10. The Kier molecular flexibility index (Phi) is 5.45. The third-order valence-electron chi connectivity index (χ3n) is 2.36. The minimum Gasteiger partial charge on any atom is -0.354 e. The highest BCUT2D eigenvalue weighted by Crippen LogP contribution is 2.22. The number of thiophene rings is 1. The molecular weight excluding hydrogens is 222 g/mol. The fourth-order valence-electron chi connectivity index (χ4n) is 1.45. The van der Waals surface area contributed by atoms with Gasteiger partial charge in [0.15, 0.2) is 0 Å². The molecule has 1 atom stereocenters. The van der Waals surface area contributed by atoms with Crippen LogP contribution in [0.15, 0.2) is 17.5 Å². The van der Waals surface area contributed by atoms with Gasteiger partial charge < -0.3 is 16.0 Å². The van der Waals surface area contributed by atoms with E-state index in [1.54, 1.807) is 11.3 Å². The Hall–Kier alpha value is -0.910. The van der Waals surface area contributed by atoms with Crippen molar-refractivity contribution in [2.24, 2.45) is 5.73 Å². The van der Waals surface area contributed by atoms with E-state index in [-0.39, 0.29) is 11.9 Å². The smallest absolute Gasteiger partial charge is 0.221 e. The van der Waals surface area contributed by atoms with Gasteiger partial charge in [-0.25, -0.2) is 0 Å². The number of carbonyl (C=O) groups excluding carboxylic acids is 1. The molecule has 0 aliphatic rings. The minimum atomic E-state index is 0.0194. The molecule has 0 saturated heterocycles. The molecule has 0 radical (unpaired) electrons. The van der Waals surface area contributed by atoms with Gasteiger partial charge in [-0.1, -0.05) is 6.07 Å². The van der Waals surface area contributed by atoms with Gasteiger partial charge in [0.25, 0.3) is 0 Å². The van der Waals surface area contributed by atoms with Crippen LogP contribution in [0, 0.1) is 0 Å². The van der Waals surface area contributed by atoms with Crippen LogP contribution in [-0.4, -0.2) is 38.0 Å². The van der Waals surface area contributed by atoms with Gasteiger partial charge in [0.05, 0.1) is 6.04 Å². The lowest BCUT2D eigenvalue weighted by Crippen LogP contribution is -2.34. The summed E-state index contributed by atoms with van der Waals surface area (Å²) in [6.45, 7) is 1.03. The maximum Gasteiger partial charge on any atom is 0.221 e. The van der Waals surface area contributed by atoms with E-state index in [4.69, 9.17) is 5.73 Å². The first-order valence-electron chi connectivity index (χ1n) is 5.31. The lowest BCUT2D eigenvalue weighted by atomic mass is 10.2. The van der Waals surface area contributed by atoms with Crippen LogP contribution in [0.2, 0.25) is 0 Å². The Morgan fingerprint density at radius 1 is 1.62 bits per heavy atom. The van der Waals surface area contributed by atoms with E-state index in [1.165, 1.54) is 4.88 Å². The van der Waals surface area contributed by atoms with Crippen molar-refractivity contribution in [2.75, 3.05) is 27.2 Å². The van der Waals surface area contributed by atoms with Crippen molar-refractivity contribution in [3.8, 4) is 0 Å². The topological polar surface area (TPSA) is 58.4 Å². The van der Waals surface area contributed by atoms with Gasteiger partial charge >= 0.3 is 0 Å². The van der Waals surface area contributed by atoms with Gasteiger partial charge in [0, 0.05) is 24.4 Å². The number of rotatable bonds is 6. The number of nitrogens with zero attached hydrogens (tertiary/aromatic N) is 1. The molecule has 0 saturated carbocycles. The first-order chi connectivity index (χ1) is 7.65. The molecule has 5 heteroatoms. The molecule has 1 amide bonds. The van der Waals surface area contributed by atoms with Crippen molar-refractivity contribution < 1.29 is 4.79 Å². The van der Waals surface area contributed by atoms with Gasteiger partial charge in [0.2, 0.25) is 5.91 Å². The summed E-state index contributed by atoms with van der Waals surface area (Å²) in [6.07, 6.45) is 0.393. The van der Waals surface area contributed by atoms with Gasteiger partial charge in [-0.2, -0.15) is 0 Å². The molecule has 0 bridgehead atoms. The van der Waals surface area contributed by atoms with E-state index >= 15 is 0 Å². The van der Waals surface area contributed by atoms with E-state index in [0.717, 1.165) is 0 Å². The molecule has 0 aliphatic carbocycles. The summed E-state index contributed by atoms with van der Waals surface area (Å²) in [4.78, 5) is 14.7. The summed E-state index contributed by atoms with van der Waals surface area (Å²) in [5.41, 5.74) is 5.32. The van der Waals surface area contributed by atoms with Crippen LogP contribution in [0.5, 0.6) is 0 Å². The molecule has 0 aromatic carbocycles. The lowest BCUT2D eigenvalue weighted by molar-refractivity contribution is -0.121. The second-order valence-corrected chi connectivity index (χ2v) is 4.82. The van der Waals surface area contributed by atoms with E-state index < -0.39 is 0 Å². The predicted molar refractivity (Wildman–Crippen MR) is 67.4 cm³/mol. The predicted octanol–water partition coefficient (Wildman–Crippen LogP) is 0.816. The van der Waals surface area contributed by atoms with E-state index in [9.17, 15) is 4.79 Å². The molecule has 1 aromatic heterocycles. The molecule has 4 nitrogen and oxygen atoms in total. The fraction of sp³-hybridized carbons (Fsp3) is 0.545. The Bertz CT molecular complexity index is 311. The normalized spacial score (nSPS) is 12.8. The van der Waals surface area contributed by atoms with E-state index in [2.05, 4.69) is 16.3 Å². The summed E-state index contributed by atoms with van der Waals surface area (Å²) in [5, 5.41) is 4.95. The average Bonchev–Trinajstić information content (AvgIpc) is 2.71. The van der Waals surface area contributed by atoms with Crippen molar-refractivity contribution in [3.63, 3.8) is 0 Å². The Morgan fingerprint density at radius 3 is 2.88 bits per heavy atom. The van der Waals surface area contributed by atoms with Crippen LogP contribution in [0.3, 0.4) is 0 Å². The average molecular weight is 241 g/mol.